The fourth-order valence-electron chi connectivity index (χ4n) is 1.18. The molecule has 16 heavy (non-hydrogen) atoms. The van der Waals surface area contributed by atoms with Crippen LogP contribution >= 0.6 is 11.8 Å². The highest BCUT2D eigenvalue weighted by molar-refractivity contribution is 7.99. The first-order valence-corrected chi connectivity index (χ1v) is 7.27. The number of nitrogens with zero attached hydrogens (tertiary/aromatic N) is 1. The zero-order valence-electron chi connectivity index (χ0n) is 9.60. The lowest BCUT2D eigenvalue weighted by Crippen LogP contribution is -2.22. The second-order valence-electron chi connectivity index (χ2n) is 3.42. The number of hydrogen-bond acceptors (Lipinski definition) is 4. The van der Waals surface area contributed by atoms with Crippen molar-refractivity contribution in [2.75, 3.05) is 25.6 Å². The van der Waals surface area contributed by atoms with Gasteiger partial charge >= 0.3 is 0 Å². The van der Waals surface area contributed by atoms with E-state index in [0.717, 1.165) is 10.6 Å². The number of benzene rings is 1. The number of nitrogen functional groups attached to an aromatic ring is 1. The summed E-state index contributed by atoms with van der Waals surface area (Å²) in [6.45, 7) is 2.02. The largest absolute Gasteiger partial charge is 0.398 e. The number of thioether (sulfide) groups is 1. The minimum absolute atomic E-state index is 0.232. The van der Waals surface area contributed by atoms with Crippen molar-refractivity contribution >= 4 is 27.5 Å². The second kappa shape index (κ2) is 5.07. The van der Waals surface area contributed by atoms with E-state index in [-0.39, 0.29) is 4.90 Å². The molecule has 0 saturated carbocycles. The second-order valence-corrected chi connectivity index (χ2v) is 6.88. The molecule has 0 bridgehead atoms. The Hall–Kier alpha value is -0.720. The molecular formula is C10H16N2O2S2. The fraction of sp³-hybridized carbons (Fsp3) is 0.400. The first-order chi connectivity index (χ1) is 7.39. The molecule has 0 saturated heterocycles. The average molecular weight is 260 g/mol. The van der Waals surface area contributed by atoms with Crippen molar-refractivity contribution in [3.8, 4) is 0 Å². The van der Waals surface area contributed by atoms with Crippen LogP contribution in [-0.4, -0.2) is 32.6 Å². The minimum atomic E-state index is -3.39. The fourth-order valence-corrected chi connectivity index (χ4v) is 2.82. The Kier molecular flexibility index (Phi) is 4.23. The van der Waals surface area contributed by atoms with Crippen molar-refractivity contribution < 1.29 is 8.42 Å². The molecule has 0 fully saturated rings. The molecule has 1 aromatic carbocycles. The number of hydrogen-bond donors (Lipinski definition) is 1. The number of anilines is 1. The Bertz CT molecular complexity index is 470. The van der Waals surface area contributed by atoms with Gasteiger partial charge in [0.2, 0.25) is 10.0 Å². The minimum Gasteiger partial charge on any atom is -0.398 e. The van der Waals surface area contributed by atoms with Crippen LogP contribution in [0.2, 0.25) is 0 Å². The molecule has 1 aromatic rings. The van der Waals surface area contributed by atoms with E-state index in [4.69, 9.17) is 5.73 Å². The van der Waals surface area contributed by atoms with Crippen LogP contribution in [0.3, 0.4) is 0 Å². The van der Waals surface area contributed by atoms with Crippen LogP contribution < -0.4 is 5.73 Å². The molecule has 4 nitrogen and oxygen atoms in total. The number of nitrogens with two attached hydrogens (primary N) is 1. The van der Waals surface area contributed by atoms with Gasteiger partial charge in [0.1, 0.15) is 0 Å². The SMILES string of the molecule is CCSc1ccc(S(=O)(=O)N(C)C)cc1N. The van der Waals surface area contributed by atoms with Crippen LogP contribution in [0, 0.1) is 0 Å². The summed E-state index contributed by atoms with van der Waals surface area (Å²) in [4.78, 5) is 1.15. The third kappa shape index (κ3) is 2.69. The molecule has 0 amide bonds. The van der Waals surface area contributed by atoms with Gasteiger partial charge in [-0.3, -0.25) is 0 Å². The van der Waals surface area contributed by atoms with Crippen LogP contribution in [0.5, 0.6) is 0 Å². The topological polar surface area (TPSA) is 63.4 Å². The Morgan fingerprint density at radius 1 is 1.38 bits per heavy atom. The molecule has 0 aromatic heterocycles. The van der Waals surface area contributed by atoms with E-state index in [1.807, 2.05) is 6.92 Å². The molecular weight excluding hydrogens is 244 g/mol. The monoisotopic (exact) mass is 260 g/mol. The maximum absolute atomic E-state index is 11.8. The van der Waals surface area contributed by atoms with Gasteiger partial charge in [-0.2, -0.15) is 0 Å². The Labute approximate surface area is 101 Å². The first kappa shape index (κ1) is 13.3. The van der Waals surface area contributed by atoms with Gasteiger partial charge in [-0.25, -0.2) is 12.7 Å². The smallest absolute Gasteiger partial charge is 0.242 e. The zero-order chi connectivity index (χ0) is 12.3. The first-order valence-electron chi connectivity index (χ1n) is 4.84. The van der Waals surface area contributed by atoms with E-state index < -0.39 is 10.0 Å². The summed E-state index contributed by atoms with van der Waals surface area (Å²) in [6, 6.07) is 4.84. The third-order valence-electron chi connectivity index (χ3n) is 2.06. The van der Waals surface area contributed by atoms with Gasteiger partial charge in [-0.1, -0.05) is 6.92 Å². The molecule has 0 radical (unpaired) electrons. The van der Waals surface area contributed by atoms with Crippen molar-refractivity contribution in [3.05, 3.63) is 18.2 Å². The van der Waals surface area contributed by atoms with Gasteiger partial charge in [0.25, 0.3) is 0 Å². The molecule has 0 unspecified atom stereocenters. The quantitative estimate of drug-likeness (QED) is 0.660. The Morgan fingerprint density at radius 2 is 2.00 bits per heavy atom. The van der Waals surface area contributed by atoms with E-state index in [9.17, 15) is 8.42 Å². The molecule has 0 aliphatic rings. The standard InChI is InChI=1S/C10H16N2O2S2/c1-4-15-10-6-5-8(7-9(10)11)16(13,14)12(2)3/h5-7H,4,11H2,1-3H3. The summed E-state index contributed by atoms with van der Waals surface area (Å²) >= 11 is 1.60. The lowest BCUT2D eigenvalue weighted by atomic mass is 10.3. The third-order valence-corrected chi connectivity index (χ3v) is 4.84. The maximum atomic E-state index is 11.8. The average Bonchev–Trinajstić information content (AvgIpc) is 2.21. The molecule has 1 rings (SSSR count). The highest BCUT2D eigenvalue weighted by Crippen LogP contribution is 2.27. The highest BCUT2D eigenvalue weighted by Gasteiger charge is 2.17. The van der Waals surface area contributed by atoms with E-state index in [2.05, 4.69) is 0 Å². The predicted octanol–water partition coefficient (Wildman–Crippen LogP) is 1.63. The molecule has 0 atom stereocenters. The summed E-state index contributed by atoms with van der Waals surface area (Å²) in [6.07, 6.45) is 0. The summed E-state index contributed by atoms with van der Waals surface area (Å²) in [7, 11) is -0.387. The zero-order valence-corrected chi connectivity index (χ0v) is 11.2. The van der Waals surface area contributed by atoms with E-state index in [0.29, 0.717) is 5.69 Å². The Balaban J connectivity index is 3.16. The summed E-state index contributed by atoms with van der Waals surface area (Å²) < 4.78 is 24.8. The van der Waals surface area contributed by atoms with Crippen molar-refractivity contribution in [2.45, 2.75) is 16.7 Å². The van der Waals surface area contributed by atoms with Crippen molar-refractivity contribution in [1.29, 1.82) is 0 Å². The molecule has 6 heteroatoms. The van der Waals surface area contributed by atoms with Crippen molar-refractivity contribution in [1.82, 2.24) is 4.31 Å². The molecule has 90 valence electrons. The molecule has 2 N–H and O–H groups in total. The molecule has 0 heterocycles. The summed E-state index contributed by atoms with van der Waals surface area (Å²) in [5.74, 6) is 0.907. The lowest BCUT2D eigenvalue weighted by molar-refractivity contribution is 0.520. The van der Waals surface area contributed by atoms with Crippen LogP contribution in [0.4, 0.5) is 5.69 Å². The van der Waals surface area contributed by atoms with E-state index >= 15 is 0 Å². The maximum Gasteiger partial charge on any atom is 0.242 e. The van der Waals surface area contributed by atoms with Crippen LogP contribution in [-0.2, 0) is 10.0 Å². The van der Waals surface area contributed by atoms with Crippen molar-refractivity contribution in [2.24, 2.45) is 0 Å². The van der Waals surface area contributed by atoms with E-state index in [1.54, 1.807) is 23.9 Å². The molecule has 0 aliphatic carbocycles. The lowest BCUT2D eigenvalue weighted by Gasteiger charge is -2.12. The summed E-state index contributed by atoms with van der Waals surface area (Å²) in [5.41, 5.74) is 6.31. The normalized spacial score (nSPS) is 12.0. The molecule has 0 aliphatic heterocycles. The predicted molar refractivity (Wildman–Crippen MR) is 68.1 cm³/mol. The van der Waals surface area contributed by atoms with Gasteiger partial charge in [-0.15, -0.1) is 11.8 Å². The van der Waals surface area contributed by atoms with Gasteiger partial charge < -0.3 is 5.73 Å². The van der Waals surface area contributed by atoms with Crippen molar-refractivity contribution in [3.63, 3.8) is 0 Å². The number of rotatable bonds is 4. The highest BCUT2D eigenvalue weighted by atomic mass is 32.2. The molecule has 0 spiro atoms. The van der Waals surface area contributed by atoms with Gasteiger partial charge in [0.05, 0.1) is 4.90 Å². The summed E-state index contributed by atoms with van der Waals surface area (Å²) in [5, 5.41) is 0. The van der Waals surface area contributed by atoms with Gasteiger partial charge in [-0.05, 0) is 24.0 Å². The van der Waals surface area contributed by atoms with Crippen LogP contribution in [0.1, 0.15) is 6.92 Å². The van der Waals surface area contributed by atoms with E-state index in [1.165, 1.54) is 24.5 Å². The van der Waals surface area contributed by atoms with Crippen LogP contribution in [0.25, 0.3) is 0 Å². The van der Waals surface area contributed by atoms with Gasteiger partial charge in [0.15, 0.2) is 0 Å². The van der Waals surface area contributed by atoms with Crippen LogP contribution in [0.15, 0.2) is 28.0 Å². The Morgan fingerprint density at radius 3 is 2.44 bits per heavy atom. The van der Waals surface area contributed by atoms with Gasteiger partial charge in [0, 0.05) is 24.7 Å². The number of sulfonamides is 1.